The fraction of sp³-hybridized carbons (Fsp3) is 0.615. The van der Waals surface area contributed by atoms with Gasteiger partial charge in [-0.3, -0.25) is 4.79 Å². The monoisotopic (exact) mass is 234 g/mol. The van der Waals surface area contributed by atoms with E-state index in [0.29, 0.717) is 11.6 Å². The van der Waals surface area contributed by atoms with Crippen LogP contribution in [0.2, 0.25) is 0 Å². The smallest absolute Gasteiger partial charge is 0.309 e. The fourth-order valence-electron chi connectivity index (χ4n) is 2.45. The molecule has 0 bridgehead atoms. The van der Waals surface area contributed by atoms with Gasteiger partial charge in [0.2, 0.25) is 0 Å². The zero-order valence-corrected chi connectivity index (χ0v) is 10.1. The van der Waals surface area contributed by atoms with Gasteiger partial charge < -0.3 is 5.11 Å². The van der Waals surface area contributed by atoms with E-state index in [2.05, 4.69) is 9.97 Å². The molecule has 0 saturated heterocycles. The van der Waals surface area contributed by atoms with E-state index in [4.69, 9.17) is 5.11 Å². The predicted octanol–water partition coefficient (Wildman–Crippen LogP) is 2.46. The van der Waals surface area contributed by atoms with E-state index < -0.39 is 5.97 Å². The Bertz CT molecular complexity index is 412. The Morgan fingerprint density at radius 1 is 1.35 bits per heavy atom. The summed E-state index contributed by atoms with van der Waals surface area (Å²) in [7, 11) is 0. The standard InChI is InChI=1S/C13H18N2O2/c1-9-7-11(8-12(16)17)15-13(14-9)10-5-3-2-4-6-10/h7,10H,2-6,8H2,1H3,(H,16,17). The second kappa shape index (κ2) is 5.25. The topological polar surface area (TPSA) is 63.1 Å². The number of aliphatic carboxylic acids is 1. The van der Waals surface area contributed by atoms with Gasteiger partial charge in [-0.2, -0.15) is 0 Å². The van der Waals surface area contributed by atoms with Crippen molar-refractivity contribution < 1.29 is 9.90 Å². The summed E-state index contributed by atoms with van der Waals surface area (Å²) < 4.78 is 0. The maximum atomic E-state index is 10.7. The molecule has 17 heavy (non-hydrogen) atoms. The molecule has 1 fully saturated rings. The van der Waals surface area contributed by atoms with Gasteiger partial charge in [0, 0.05) is 11.6 Å². The Morgan fingerprint density at radius 2 is 2.06 bits per heavy atom. The number of hydrogen-bond donors (Lipinski definition) is 1. The molecule has 0 spiro atoms. The van der Waals surface area contributed by atoms with Crippen LogP contribution in [-0.4, -0.2) is 21.0 Å². The molecule has 0 atom stereocenters. The van der Waals surface area contributed by atoms with Crippen LogP contribution < -0.4 is 0 Å². The highest BCUT2D eigenvalue weighted by Gasteiger charge is 2.19. The Morgan fingerprint density at radius 3 is 2.71 bits per heavy atom. The van der Waals surface area contributed by atoms with E-state index in [1.807, 2.05) is 6.92 Å². The fourth-order valence-corrected chi connectivity index (χ4v) is 2.45. The van der Waals surface area contributed by atoms with Gasteiger partial charge in [0.25, 0.3) is 0 Å². The quantitative estimate of drug-likeness (QED) is 0.872. The molecule has 0 radical (unpaired) electrons. The molecule has 4 nitrogen and oxygen atoms in total. The van der Waals surface area contributed by atoms with Crippen LogP contribution in [0.25, 0.3) is 0 Å². The molecule has 92 valence electrons. The summed E-state index contributed by atoms with van der Waals surface area (Å²) in [5.74, 6) is 0.440. The van der Waals surface area contributed by atoms with Gasteiger partial charge in [0.15, 0.2) is 0 Å². The summed E-state index contributed by atoms with van der Waals surface area (Å²) in [5.41, 5.74) is 1.50. The molecule has 1 saturated carbocycles. The molecule has 2 rings (SSSR count). The summed E-state index contributed by atoms with van der Waals surface area (Å²) in [6, 6.07) is 1.76. The van der Waals surface area contributed by atoms with Gasteiger partial charge in [-0.1, -0.05) is 19.3 Å². The van der Waals surface area contributed by atoms with Crippen LogP contribution in [-0.2, 0) is 11.2 Å². The molecule has 1 N–H and O–H groups in total. The molecule has 1 aromatic heterocycles. The molecule has 1 aromatic rings. The first-order valence-electron chi connectivity index (χ1n) is 6.21. The van der Waals surface area contributed by atoms with Crippen LogP contribution in [0.1, 0.15) is 55.2 Å². The SMILES string of the molecule is Cc1cc(CC(=O)O)nc(C2CCCCC2)n1. The molecule has 1 aliphatic carbocycles. The van der Waals surface area contributed by atoms with Crippen LogP contribution in [0.3, 0.4) is 0 Å². The number of aryl methyl sites for hydroxylation is 1. The lowest BCUT2D eigenvalue weighted by molar-refractivity contribution is -0.136. The number of carbonyl (C=O) groups is 1. The van der Waals surface area contributed by atoms with Crippen LogP contribution in [0, 0.1) is 6.92 Å². The summed E-state index contributed by atoms with van der Waals surface area (Å²) in [4.78, 5) is 19.6. The van der Waals surface area contributed by atoms with E-state index in [1.165, 1.54) is 19.3 Å². The zero-order chi connectivity index (χ0) is 12.3. The average Bonchev–Trinajstić information content (AvgIpc) is 2.28. The lowest BCUT2D eigenvalue weighted by Crippen LogP contribution is -2.12. The van der Waals surface area contributed by atoms with Crippen LogP contribution in [0.5, 0.6) is 0 Å². The lowest BCUT2D eigenvalue weighted by atomic mass is 9.88. The van der Waals surface area contributed by atoms with Crippen molar-refractivity contribution in [2.45, 2.75) is 51.4 Å². The second-order valence-electron chi connectivity index (χ2n) is 4.76. The molecule has 0 amide bonds. The third-order valence-electron chi connectivity index (χ3n) is 3.23. The van der Waals surface area contributed by atoms with Crippen molar-refractivity contribution in [3.05, 3.63) is 23.3 Å². The molecule has 0 aliphatic heterocycles. The summed E-state index contributed by atoms with van der Waals surface area (Å²) >= 11 is 0. The minimum Gasteiger partial charge on any atom is -0.481 e. The Labute approximate surface area is 101 Å². The van der Waals surface area contributed by atoms with Crippen molar-refractivity contribution in [2.24, 2.45) is 0 Å². The van der Waals surface area contributed by atoms with E-state index in [-0.39, 0.29) is 6.42 Å². The zero-order valence-electron chi connectivity index (χ0n) is 10.1. The van der Waals surface area contributed by atoms with Gasteiger partial charge in [-0.05, 0) is 25.8 Å². The minimum absolute atomic E-state index is 0.0108. The molecule has 1 aliphatic rings. The molecule has 1 heterocycles. The lowest BCUT2D eigenvalue weighted by Gasteiger charge is -2.20. The van der Waals surface area contributed by atoms with Crippen molar-refractivity contribution in [2.75, 3.05) is 0 Å². The first-order valence-corrected chi connectivity index (χ1v) is 6.21. The van der Waals surface area contributed by atoms with E-state index in [0.717, 1.165) is 24.4 Å². The van der Waals surface area contributed by atoms with E-state index in [9.17, 15) is 4.79 Å². The maximum absolute atomic E-state index is 10.7. The number of carboxylic acid groups (broad SMARTS) is 1. The summed E-state index contributed by atoms with van der Waals surface area (Å²) in [6.07, 6.45) is 6.02. The number of carboxylic acids is 1. The summed E-state index contributed by atoms with van der Waals surface area (Å²) in [5, 5.41) is 8.80. The van der Waals surface area contributed by atoms with Crippen LogP contribution in [0.15, 0.2) is 6.07 Å². The van der Waals surface area contributed by atoms with Crippen molar-refractivity contribution in [1.29, 1.82) is 0 Å². The maximum Gasteiger partial charge on any atom is 0.309 e. The molecule has 4 heteroatoms. The van der Waals surface area contributed by atoms with Crippen LogP contribution in [0.4, 0.5) is 0 Å². The van der Waals surface area contributed by atoms with Crippen molar-refractivity contribution >= 4 is 5.97 Å². The van der Waals surface area contributed by atoms with Gasteiger partial charge >= 0.3 is 5.97 Å². The minimum atomic E-state index is -0.835. The average molecular weight is 234 g/mol. The third-order valence-corrected chi connectivity index (χ3v) is 3.23. The predicted molar refractivity (Wildman–Crippen MR) is 63.9 cm³/mol. The normalized spacial score (nSPS) is 17.0. The number of rotatable bonds is 3. The highest BCUT2D eigenvalue weighted by atomic mass is 16.4. The Kier molecular flexibility index (Phi) is 3.71. The molecular weight excluding hydrogens is 216 g/mol. The van der Waals surface area contributed by atoms with Gasteiger partial charge in [-0.25, -0.2) is 9.97 Å². The summed E-state index contributed by atoms with van der Waals surface area (Å²) in [6.45, 7) is 1.90. The van der Waals surface area contributed by atoms with E-state index in [1.54, 1.807) is 6.07 Å². The highest BCUT2D eigenvalue weighted by Crippen LogP contribution is 2.30. The van der Waals surface area contributed by atoms with Gasteiger partial charge in [0.05, 0.1) is 12.1 Å². The largest absolute Gasteiger partial charge is 0.481 e. The number of aromatic nitrogens is 2. The molecule has 0 unspecified atom stereocenters. The highest BCUT2D eigenvalue weighted by molar-refractivity contribution is 5.69. The third kappa shape index (κ3) is 3.25. The number of hydrogen-bond acceptors (Lipinski definition) is 3. The second-order valence-corrected chi connectivity index (χ2v) is 4.76. The molecule has 0 aromatic carbocycles. The van der Waals surface area contributed by atoms with Gasteiger partial charge in [-0.15, -0.1) is 0 Å². The van der Waals surface area contributed by atoms with Crippen molar-refractivity contribution in [3.8, 4) is 0 Å². The van der Waals surface area contributed by atoms with Crippen LogP contribution >= 0.6 is 0 Å². The molecular formula is C13H18N2O2. The Hall–Kier alpha value is -1.45. The van der Waals surface area contributed by atoms with Crippen molar-refractivity contribution in [3.63, 3.8) is 0 Å². The number of nitrogens with zero attached hydrogens (tertiary/aromatic N) is 2. The van der Waals surface area contributed by atoms with Gasteiger partial charge in [0.1, 0.15) is 5.82 Å². The van der Waals surface area contributed by atoms with E-state index >= 15 is 0 Å². The first-order chi connectivity index (χ1) is 8.15. The van der Waals surface area contributed by atoms with Crippen molar-refractivity contribution in [1.82, 2.24) is 9.97 Å². The first kappa shape index (κ1) is 12.0. The Balaban J connectivity index is 2.20.